The van der Waals surface area contributed by atoms with Crippen LogP contribution in [0.3, 0.4) is 0 Å². The van der Waals surface area contributed by atoms with Crippen molar-refractivity contribution in [1.82, 2.24) is 19.9 Å². The molecule has 0 aliphatic heterocycles. The molecule has 0 bridgehead atoms. The van der Waals surface area contributed by atoms with E-state index in [2.05, 4.69) is 25.3 Å². The van der Waals surface area contributed by atoms with E-state index in [0.29, 0.717) is 27.8 Å². The molecule has 3 aromatic heterocycles. The topological polar surface area (TPSA) is 110 Å². The number of rotatable bonds is 6. The van der Waals surface area contributed by atoms with Crippen LogP contribution in [0.2, 0.25) is 0 Å². The quantitative estimate of drug-likeness (QED) is 0.373. The number of thiazole rings is 1. The van der Waals surface area contributed by atoms with E-state index in [9.17, 15) is 9.18 Å². The van der Waals surface area contributed by atoms with Gasteiger partial charge in [0.15, 0.2) is 10.9 Å². The maximum Gasteiger partial charge on any atom is 0.321 e. The van der Waals surface area contributed by atoms with Gasteiger partial charge in [0.1, 0.15) is 17.0 Å². The van der Waals surface area contributed by atoms with Crippen molar-refractivity contribution in [1.29, 1.82) is 0 Å². The number of primary amides is 1. The van der Waals surface area contributed by atoms with E-state index < -0.39 is 17.7 Å². The molecule has 1 aliphatic carbocycles. The van der Waals surface area contributed by atoms with Gasteiger partial charge in [-0.25, -0.2) is 28.5 Å². The average Bonchev–Trinajstić information content (AvgIpc) is 3.52. The Bertz CT molecular complexity index is 1390. The van der Waals surface area contributed by atoms with Crippen LogP contribution in [0.25, 0.3) is 32.6 Å². The highest BCUT2D eigenvalue weighted by Gasteiger charge is 2.24. The number of pyridine rings is 1. The van der Waals surface area contributed by atoms with Gasteiger partial charge in [-0.05, 0) is 38.0 Å². The van der Waals surface area contributed by atoms with Gasteiger partial charge >= 0.3 is 6.03 Å². The van der Waals surface area contributed by atoms with Crippen molar-refractivity contribution >= 4 is 38.7 Å². The number of aromatic nitrogens is 4. The van der Waals surface area contributed by atoms with Crippen LogP contribution < -0.4 is 16.0 Å². The van der Waals surface area contributed by atoms with Gasteiger partial charge < -0.3 is 11.1 Å². The predicted molar refractivity (Wildman–Crippen MR) is 132 cm³/mol. The minimum atomic E-state index is -0.712. The van der Waals surface area contributed by atoms with Gasteiger partial charge in [0, 0.05) is 47.9 Å². The number of nitrogens with two attached hydrogens (primary N) is 1. The zero-order valence-electron chi connectivity index (χ0n) is 19.0. The summed E-state index contributed by atoms with van der Waals surface area (Å²) in [4.78, 5) is 30.4. The zero-order valence-corrected chi connectivity index (χ0v) is 19.8. The Balaban J connectivity index is 1.64. The maximum atomic E-state index is 15.8. The standard InChI is InChI=1S/C24H23F2N7OS/c1-2-33(22(27)34)24-32-20-18(26)15(10-16(21(20)35-24)19-17(25)8-5-9-28-19)13-11-29-23(30-12-13)31-14-6-3-4-7-14/h5,8-12,14H,2-4,6-7H2,1H3,(H2,27,34)(H,29,30,31). The summed E-state index contributed by atoms with van der Waals surface area (Å²) in [5, 5.41) is 3.52. The van der Waals surface area contributed by atoms with Crippen LogP contribution in [-0.2, 0) is 0 Å². The van der Waals surface area contributed by atoms with Crippen LogP contribution in [-0.4, -0.2) is 38.6 Å². The molecular formula is C24H23F2N7OS. The van der Waals surface area contributed by atoms with Gasteiger partial charge in [0.05, 0.1) is 4.70 Å². The van der Waals surface area contributed by atoms with Crippen molar-refractivity contribution in [2.24, 2.45) is 5.73 Å². The Labute approximate surface area is 204 Å². The molecule has 0 unspecified atom stereocenters. The first-order chi connectivity index (χ1) is 17.0. The van der Waals surface area contributed by atoms with Crippen LogP contribution in [0.15, 0.2) is 36.8 Å². The van der Waals surface area contributed by atoms with Crippen molar-refractivity contribution in [2.75, 3.05) is 16.8 Å². The van der Waals surface area contributed by atoms with Gasteiger partial charge in [-0.1, -0.05) is 24.2 Å². The molecule has 4 aromatic rings. The smallest absolute Gasteiger partial charge is 0.321 e. The molecule has 5 rings (SSSR count). The summed E-state index contributed by atoms with van der Waals surface area (Å²) in [7, 11) is 0. The van der Waals surface area contributed by atoms with E-state index in [1.54, 1.807) is 6.92 Å². The number of nitrogens with one attached hydrogen (secondary N) is 1. The molecule has 1 aromatic carbocycles. The lowest BCUT2D eigenvalue weighted by molar-refractivity contribution is 0.254. The number of benzene rings is 1. The number of carbonyl (C=O) groups excluding carboxylic acids is 1. The molecule has 8 nitrogen and oxygen atoms in total. The molecule has 0 saturated heterocycles. The number of nitrogens with zero attached hydrogens (tertiary/aromatic N) is 5. The lowest BCUT2D eigenvalue weighted by Gasteiger charge is -2.13. The second-order valence-corrected chi connectivity index (χ2v) is 9.27. The molecule has 3 heterocycles. The average molecular weight is 496 g/mol. The van der Waals surface area contributed by atoms with E-state index in [0.717, 1.165) is 24.2 Å². The third-order valence-electron chi connectivity index (χ3n) is 6.07. The fourth-order valence-corrected chi connectivity index (χ4v) is 5.45. The molecule has 1 saturated carbocycles. The summed E-state index contributed by atoms with van der Waals surface area (Å²) >= 11 is 1.05. The highest BCUT2D eigenvalue weighted by Crippen LogP contribution is 2.41. The normalized spacial score (nSPS) is 13.9. The van der Waals surface area contributed by atoms with Crippen molar-refractivity contribution in [3.05, 3.63) is 48.4 Å². The summed E-state index contributed by atoms with van der Waals surface area (Å²) in [6, 6.07) is 3.92. The zero-order chi connectivity index (χ0) is 24.5. The van der Waals surface area contributed by atoms with E-state index >= 15 is 4.39 Å². The number of hydrogen-bond donors (Lipinski definition) is 2. The first kappa shape index (κ1) is 23.0. The fraction of sp³-hybridized carbons (Fsp3) is 0.292. The van der Waals surface area contributed by atoms with Gasteiger partial charge in [0.2, 0.25) is 5.95 Å². The van der Waals surface area contributed by atoms with Crippen molar-refractivity contribution in [3.8, 4) is 22.4 Å². The molecule has 0 radical (unpaired) electrons. The summed E-state index contributed by atoms with van der Waals surface area (Å²) in [5.74, 6) is -0.701. The number of carbonyl (C=O) groups is 1. The third kappa shape index (κ3) is 4.39. The minimum Gasteiger partial charge on any atom is -0.351 e. The summed E-state index contributed by atoms with van der Waals surface area (Å²) in [6.45, 7) is 1.98. The Hall–Kier alpha value is -3.73. The number of hydrogen-bond acceptors (Lipinski definition) is 7. The van der Waals surface area contributed by atoms with Crippen LogP contribution >= 0.6 is 11.3 Å². The Morgan fingerprint density at radius 2 is 1.94 bits per heavy atom. The molecule has 3 N–H and O–H groups in total. The van der Waals surface area contributed by atoms with Gasteiger partial charge in [-0.15, -0.1) is 0 Å². The number of halogens is 2. The van der Waals surface area contributed by atoms with E-state index in [1.165, 1.54) is 54.5 Å². The molecule has 1 fully saturated rings. The highest BCUT2D eigenvalue weighted by molar-refractivity contribution is 7.23. The molecular weight excluding hydrogens is 472 g/mol. The lowest BCUT2D eigenvalue weighted by Crippen LogP contribution is -2.35. The largest absolute Gasteiger partial charge is 0.351 e. The Kier molecular flexibility index (Phi) is 6.25. The molecule has 35 heavy (non-hydrogen) atoms. The molecule has 0 atom stereocenters. The highest BCUT2D eigenvalue weighted by atomic mass is 32.1. The Morgan fingerprint density at radius 3 is 2.60 bits per heavy atom. The number of fused-ring (bicyclic) bond motifs is 1. The van der Waals surface area contributed by atoms with Crippen molar-refractivity contribution in [3.63, 3.8) is 0 Å². The van der Waals surface area contributed by atoms with Gasteiger partial charge in [0.25, 0.3) is 0 Å². The third-order valence-corrected chi connectivity index (χ3v) is 7.18. The monoisotopic (exact) mass is 495 g/mol. The second kappa shape index (κ2) is 9.49. The minimum absolute atomic E-state index is 0.00425. The molecule has 11 heteroatoms. The Morgan fingerprint density at radius 1 is 1.20 bits per heavy atom. The van der Waals surface area contributed by atoms with Gasteiger partial charge in [-0.2, -0.15) is 0 Å². The predicted octanol–water partition coefficient (Wildman–Crippen LogP) is 5.35. The number of urea groups is 1. The lowest BCUT2D eigenvalue weighted by atomic mass is 10.0. The SMILES string of the molecule is CCN(C(N)=O)c1nc2c(F)c(-c3cnc(NC4CCCC4)nc3)cc(-c3ncccc3F)c2s1. The van der Waals surface area contributed by atoms with Crippen LogP contribution in [0.4, 0.5) is 24.7 Å². The van der Waals surface area contributed by atoms with E-state index in [1.807, 2.05) is 0 Å². The van der Waals surface area contributed by atoms with Crippen molar-refractivity contribution < 1.29 is 13.6 Å². The first-order valence-corrected chi connectivity index (χ1v) is 12.2. The van der Waals surface area contributed by atoms with Crippen LogP contribution in [0.5, 0.6) is 0 Å². The maximum absolute atomic E-state index is 15.8. The summed E-state index contributed by atoms with van der Waals surface area (Å²) < 4.78 is 30.9. The number of amides is 2. The van der Waals surface area contributed by atoms with Crippen molar-refractivity contribution in [2.45, 2.75) is 38.6 Å². The second-order valence-electron chi connectivity index (χ2n) is 8.30. The number of anilines is 2. The van der Waals surface area contributed by atoms with Gasteiger partial charge in [-0.3, -0.25) is 9.88 Å². The van der Waals surface area contributed by atoms with Crippen LogP contribution in [0.1, 0.15) is 32.6 Å². The molecule has 1 aliphatic rings. The van der Waals surface area contributed by atoms with E-state index in [4.69, 9.17) is 5.73 Å². The molecule has 0 spiro atoms. The van der Waals surface area contributed by atoms with Crippen LogP contribution in [0, 0.1) is 11.6 Å². The molecule has 2 amide bonds. The summed E-state index contributed by atoms with van der Waals surface area (Å²) in [6.07, 6.45) is 9.01. The summed E-state index contributed by atoms with van der Waals surface area (Å²) in [5.41, 5.74) is 6.44. The fourth-order valence-electron chi connectivity index (χ4n) is 4.31. The van der Waals surface area contributed by atoms with E-state index in [-0.39, 0.29) is 28.5 Å². The molecule has 180 valence electrons. The first-order valence-electron chi connectivity index (χ1n) is 11.4.